The van der Waals surface area contributed by atoms with Crippen molar-refractivity contribution >= 4 is 17.9 Å². The van der Waals surface area contributed by atoms with Crippen molar-refractivity contribution in [2.45, 2.75) is 12.8 Å². The average Bonchev–Trinajstić information content (AvgIpc) is 2.79. The number of hydrogen-bond acceptors (Lipinski definition) is 5. The van der Waals surface area contributed by atoms with Crippen LogP contribution in [0.4, 0.5) is 0 Å². The Balaban J connectivity index is 1.83. The molecular formula is C13H12O5. The third kappa shape index (κ3) is 1.01. The van der Waals surface area contributed by atoms with E-state index < -0.39 is 11.9 Å². The van der Waals surface area contributed by atoms with Crippen molar-refractivity contribution in [3.05, 3.63) is 12.3 Å². The highest BCUT2D eigenvalue weighted by Gasteiger charge is 2.66. The maximum atomic E-state index is 11.9. The first-order valence-electron chi connectivity index (χ1n) is 6.24. The van der Waals surface area contributed by atoms with Crippen molar-refractivity contribution in [1.82, 2.24) is 0 Å². The molecule has 2 aliphatic heterocycles. The van der Waals surface area contributed by atoms with Gasteiger partial charge in [-0.1, -0.05) is 6.58 Å². The van der Waals surface area contributed by atoms with Gasteiger partial charge in [-0.15, -0.1) is 0 Å². The standard InChI is InChI=1S/C13H12O5/c1-4-5-2-6(11(14)17-4)10-8-3-7(9(5)10)12(15)18-13(8)16/h5-10H,1-3H2. The van der Waals surface area contributed by atoms with E-state index in [1.54, 1.807) is 0 Å². The second-order valence-electron chi connectivity index (χ2n) is 5.68. The van der Waals surface area contributed by atoms with Crippen LogP contribution in [0.25, 0.3) is 0 Å². The zero-order valence-corrected chi connectivity index (χ0v) is 9.63. The van der Waals surface area contributed by atoms with E-state index in [4.69, 9.17) is 9.47 Å². The lowest BCUT2D eigenvalue weighted by atomic mass is 9.83. The summed E-state index contributed by atoms with van der Waals surface area (Å²) >= 11 is 0. The Hall–Kier alpha value is -1.65. The van der Waals surface area contributed by atoms with Gasteiger partial charge in [0.15, 0.2) is 0 Å². The molecule has 18 heavy (non-hydrogen) atoms. The van der Waals surface area contributed by atoms with E-state index in [-0.39, 0.29) is 41.5 Å². The minimum absolute atomic E-state index is 0.00194. The zero-order valence-electron chi connectivity index (χ0n) is 9.63. The number of esters is 3. The molecule has 5 heteroatoms. The van der Waals surface area contributed by atoms with Crippen LogP contribution >= 0.6 is 0 Å². The first-order valence-corrected chi connectivity index (χ1v) is 6.24. The fourth-order valence-corrected chi connectivity index (χ4v) is 4.45. The van der Waals surface area contributed by atoms with E-state index in [0.29, 0.717) is 18.6 Å². The van der Waals surface area contributed by atoms with Gasteiger partial charge in [0.25, 0.3) is 0 Å². The van der Waals surface area contributed by atoms with E-state index in [1.165, 1.54) is 0 Å². The Morgan fingerprint density at radius 2 is 1.22 bits per heavy atom. The third-order valence-corrected chi connectivity index (χ3v) is 5.07. The topological polar surface area (TPSA) is 69.7 Å². The number of carbonyl (C=O) groups is 3. The molecule has 4 aliphatic rings. The molecule has 0 aromatic rings. The van der Waals surface area contributed by atoms with Gasteiger partial charge in [-0.2, -0.15) is 0 Å². The molecule has 0 aromatic heterocycles. The Kier molecular flexibility index (Phi) is 1.73. The Morgan fingerprint density at radius 3 is 1.83 bits per heavy atom. The molecule has 0 radical (unpaired) electrons. The van der Waals surface area contributed by atoms with Crippen LogP contribution in [-0.4, -0.2) is 17.9 Å². The van der Waals surface area contributed by atoms with Gasteiger partial charge in [0.2, 0.25) is 0 Å². The highest BCUT2D eigenvalue weighted by molar-refractivity contribution is 5.93. The summed E-state index contributed by atoms with van der Waals surface area (Å²) in [5.74, 6) is -1.65. The van der Waals surface area contributed by atoms with Crippen molar-refractivity contribution in [3.8, 4) is 0 Å². The molecule has 2 saturated heterocycles. The predicted octanol–water partition coefficient (Wildman–Crippen LogP) is 0.645. The van der Waals surface area contributed by atoms with Gasteiger partial charge in [0, 0.05) is 5.92 Å². The van der Waals surface area contributed by atoms with Crippen LogP contribution in [0.2, 0.25) is 0 Å². The maximum absolute atomic E-state index is 11.9. The molecule has 4 bridgehead atoms. The smallest absolute Gasteiger partial charge is 0.316 e. The van der Waals surface area contributed by atoms with E-state index in [0.717, 1.165) is 0 Å². The Morgan fingerprint density at radius 1 is 0.778 bits per heavy atom. The Labute approximate surface area is 103 Å². The first-order chi connectivity index (χ1) is 8.58. The third-order valence-electron chi connectivity index (χ3n) is 5.07. The normalized spacial score (nSPS) is 48.9. The number of cyclic esters (lactones) is 3. The molecule has 2 saturated carbocycles. The van der Waals surface area contributed by atoms with Crippen molar-refractivity contribution in [2.24, 2.45) is 35.5 Å². The van der Waals surface area contributed by atoms with Gasteiger partial charge >= 0.3 is 17.9 Å². The van der Waals surface area contributed by atoms with Crippen LogP contribution in [0.5, 0.6) is 0 Å². The van der Waals surface area contributed by atoms with E-state index in [9.17, 15) is 14.4 Å². The predicted molar refractivity (Wildman–Crippen MR) is 56.5 cm³/mol. The lowest BCUT2D eigenvalue weighted by Crippen LogP contribution is -2.35. The van der Waals surface area contributed by atoms with Crippen molar-refractivity contribution < 1.29 is 23.9 Å². The van der Waals surface area contributed by atoms with Gasteiger partial charge < -0.3 is 9.47 Å². The summed E-state index contributed by atoms with van der Waals surface area (Å²) in [7, 11) is 0. The molecule has 2 heterocycles. The maximum Gasteiger partial charge on any atom is 0.316 e. The minimum atomic E-state index is -0.463. The number of rotatable bonds is 0. The summed E-state index contributed by atoms with van der Waals surface area (Å²) in [6.45, 7) is 3.78. The van der Waals surface area contributed by atoms with Gasteiger partial charge in [0.1, 0.15) is 5.76 Å². The highest BCUT2D eigenvalue weighted by Crippen LogP contribution is 2.62. The van der Waals surface area contributed by atoms with Crippen LogP contribution in [0.3, 0.4) is 0 Å². The zero-order chi connectivity index (χ0) is 12.6. The highest BCUT2D eigenvalue weighted by atomic mass is 16.6. The molecule has 5 nitrogen and oxygen atoms in total. The molecular weight excluding hydrogens is 236 g/mol. The molecule has 0 N–H and O–H groups in total. The van der Waals surface area contributed by atoms with Crippen molar-refractivity contribution in [1.29, 1.82) is 0 Å². The number of hydrogen-bond donors (Lipinski definition) is 0. The fraction of sp³-hybridized carbons (Fsp3) is 0.615. The summed E-state index contributed by atoms with van der Waals surface area (Å²) in [5.41, 5.74) is 0. The van der Waals surface area contributed by atoms with Crippen LogP contribution in [0, 0.1) is 35.5 Å². The van der Waals surface area contributed by atoms with E-state index in [2.05, 4.69) is 6.58 Å². The SMILES string of the molecule is C=C1OC(=O)C2CC1C1C3CC(C(=O)OC3=O)C21. The van der Waals surface area contributed by atoms with Crippen LogP contribution < -0.4 is 0 Å². The molecule has 4 rings (SSSR count). The lowest BCUT2D eigenvalue weighted by Gasteiger charge is -2.28. The van der Waals surface area contributed by atoms with Crippen LogP contribution in [0.15, 0.2) is 12.3 Å². The quantitative estimate of drug-likeness (QED) is 0.357. The number of allylic oxidation sites excluding steroid dienone is 1. The molecule has 94 valence electrons. The van der Waals surface area contributed by atoms with Gasteiger partial charge in [-0.25, -0.2) is 0 Å². The minimum Gasteiger partial charge on any atom is -0.431 e. The van der Waals surface area contributed by atoms with E-state index >= 15 is 0 Å². The summed E-state index contributed by atoms with van der Waals surface area (Å²) in [4.78, 5) is 35.4. The first kappa shape index (κ1) is 10.3. The monoisotopic (exact) mass is 248 g/mol. The molecule has 4 fully saturated rings. The molecule has 6 atom stereocenters. The number of ether oxygens (including phenoxy) is 2. The Bertz CT molecular complexity index is 422. The summed E-state index contributed by atoms with van der Waals surface area (Å²) in [6.07, 6.45) is 1.20. The van der Waals surface area contributed by atoms with E-state index in [1.807, 2.05) is 0 Å². The fourth-order valence-electron chi connectivity index (χ4n) is 4.45. The van der Waals surface area contributed by atoms with Gasteiger partial charge in [-0.05, 0) is 24.7 Å². The number of fused-ring (bicyclic) bond motifs is 9. The largest absolute Gasteiger partial charge is 0.431 e. The molecule has 2 aliphatic carbocycles. The summed E-state index contributed by atoms with van der Waals surface area (Å²) in [5, 5.41) is 0. The summed E-state index contributed by atoms with van der Waals surface area (Å²) in [6, 6.07) is 0. The molecule has 0 amide bonds. The molecule has 0 aromatic carbocycles. The van der Waals surface area contributed by atoms with Crippen molar-refractivity contribution in [3.63, 3.8) is 0 Å². The van der Waals surface area contributed by atoms with Gasteiger partial charge in [-0.3, -0.25) is 14.4 Å². The molecule has 0 spiro atoms. The summed E-state index contributed by atoms with van der Waals surface area (Å²) < 4.78 is 9.93. The van der Waals surface area contributed by atoms with Crippen LogP contribution in [0.1, 0.15) is 12.8 Å². The van der Waals surface area contributed by atoms with Crippen molar-refractivity contribution in [2.75, 3.05) is 0 Å². The number of carbonyl (C=O) groups excluding carboxylic acids is 3. The lowest BCUT2D eigenvalue weighted by molar-refractivity contribution is -0.170. The van der Waals surface area contributed by atoms with Gasteiger partial charge in [0.05, 0.1) is 17.8 Å². The second kappa shape index (κ2) is 3.02. The molecule has 6 unspecified atom stereocenters. The van der Waals surface area contributed by atoms with Crippen LogP contribution in [-0.2, 0) is 23.9 Å². The average molecular weight is 248 g/mol. The second-order valence-corrected chi connectivity index (χ2v) is 5.68.